The summed E-state index contributed by atoms with van der Waals surface area (Å²) in [6.45, 7) is 1.44. The molecular formula is C21H16ClF4N5O3. The Morgan fingerprint density at radius 1 is 1.18 bits per heavy atom. The van der Waals surface area contributed by atoms with Gasteiger partial charge in [-0.15, -0.1) is 13.2 Å². The van der Waals surface area contributed by atoms with E-state index in [0.29, 0.717) is 41.8 Å². The van der Waals surface area contributed by atoms with Crippen molar-refractivity contribution in [2.75, 3.05) is 6.54 Å². The molecule has 0 spiro atoms. The van der Waals surface area contributed by atoms with Gasteiger partial charge in [0.2, 0.25) is 11.2 Å². The molecule has 3 aromatic rings. The number of aromatic nitrogens is 4. The van der Waals surface area contributed by atoms with E-state index in [1.54, 1.807) is 0 Å². The molecule has 4 heterocycles. The number of H-pyrrole nitrogens is 1. The van der Waals surface area contributed by atoms with Gasteiger partial charge in [-0.2, -0.15) is 4.98 Å². The molecule has 2 N–H and O–H groups in total. The number of carbonyl (C=O) groups excluding carboxylic acids is 1. The fourth-order valence-corrected chi connectivity index (χ4v) is 4.32. The monoisotopic (exact) mass is 497 g/mol. The lowest BCUT2D eigenvalue weighted by molar-refractivity contribution is -0.330. The Balaban J connectivity index is 1.55. The number of nitrogens with one attached hydrogen (secondary N) is 2. The third-order valence-corrected chi connectivity index (χ3v) is 5.94. The Morgan fingerprint density at radius 3 is 2.74 bits per heavy atom. The van der Waals surface area contributed by atoms with Gasteiger partial charge in [-0.3, -0.25) is 9.53 Å². The number of hydrogen-bond donors (Lipinski definition) is 2. The second-order valence-corrected chi connectivity index (χ2v) is 8.30. The number of ether oxygens (including phenoxy) is 2. The minimum Gasteiger partial charge on any atom is -0.417 e. The minimum absolute atomic E-state index is 0.0155. The standard InChI is InChI=1S/C21H16ClF4N5O3/c1-8-4-27-17(32)13-11-3-2-9-5-28-19(14(23)12(9)16(11)30-15(8)13)34-18-10(6-29-20(22)31-18)7-33-21(24,25)26/h5-6,8,30H,2-4,7H2,1H3,(H,27,32). The van der Waals surface area contributed by atoms with Crippen molar-refractivity contribution in [3.8, 4) is 23.0 Å². The van der Waals surface area contributed by atoms with Crippen LogP contribution in [0, 0.1) is 5.82 Å². The molecule has 0 fully saturated rings. The van der Waals surface area contributed by atoms with E-state index >= 15 is 4.39 Å². The summed E-state index contributed by atoms with van der Waals surface area (Å²) in [5.41, 5.74) is 3.00. The number of halogens is 5. The predicted molar refractivity (Wildman–Crippen MR) is 110 cm³/mol. The third kappa shape index (κ3) is 3.96. The highest BCUT2D eigenvalue weighted by Crippen LogP contribution is 2.42. The van der Waals surface area contributed by atoms with Gasteiger partial charge in [0, 0.05) is 36.1 Å². The lowest BCUT2D eigenvalue weighted by Crippen LogP contribution is -2.34. The van der Waals surface area contributed by atoms with E-state index in [1.807, 2.05) is 6.92 Å². The highest BCUT2D eigenvalue weighted by Gasteiger charge is 2.35. The molecule has 34 heavy (non-hydrogen) atoms. The maximum Gasteiger partial charge on any atom is 0.522 e. The van der Waals surface area contributed by atoms with Gasteiger partial charge in [-0.05, 0) is 35.6 Å². The van der Waals surface area contributed by atoms with Crippen molar-refractivity contribution in [3.05, 3.63) is 51.4 Å². The molecule has 0 radical (unpaired) electrons. The minimum atomic E-state index is -4.90. The average molecular weight is 498 g/mol. The summed E-state index contributed by atoms with van der Waals surface area (Å²) in [6.07, 6.45) is -1.52. The SMILES string of the molecule is CC1CNC(=O)c2c1[nH]c1c2CCc2cnc(Oc3nc(Cl)ncc3COC(F)(F)F)c(F)c2-1. The molecule has 3 aromatic heterocycles. The molecule has 1 atom stereocenters. The average Bonchev–Trinajstić information content (AvgIpc) is 3.18. The van der Waals surface area contributed by atoms with E-state index in [0.717, 1.165) is 11.9 Å². The summed E-state index contributed by atoms with van der Waals surface area (Å²) < 4.78 is 62.4. The van der Waals surface area contributed by atoms with Crippen molar-refractivity contribution < 1.29 is 31.8 Å². The quantitative estimate of drug-likeness (QED) is 0.408. The van der Waals surface area contributed by atoms with Crippen molar-refractivity contribution in [1.82, 2.24) is 25.3 Å². The van der Waals surface area contributed by atoms with E-state index in [4.69, 9.17) is 16.3 Å². The lowest BCUT2D eigenvalue weighted by atomic mass is 9.87. The van der Waals surface area contributed by atoms with Gasteiger partial charge in [0.1, 0.15) is 0 Å². The normalized spacial score (nSPS) is 17.0. The molecule has 1 aliphatic heterocycles. The van der Waals surface area contributed by atoms with Crippen LogP contribution in [0.3, 0.4) is 0 Å². The molecule has 0 bridgehead atoms. The maximum absolute atomic E-state index is 15.7. The van der Waals surface area contributed by atoms with Crippen LogP contribution in [0.5, 0.6) is 11.8 Å². The van der Waals surface area contributed by atoms with Gasteiger partial charge < -0.3 is 15.0 Å². The molecule has 0 saturated carbocycles. The molecule has 1 aliphatic carbocycles. The molecule has 0 aromatic carbocycles. The first-order valence-electron chi connectivity index (χ1n) is 10.2. The smallest absolute Gasteiger partial charge is 0.417 e. The van der Waals surface area contributed by atoms with Crippen molar-refractivity contribution in [2.24, 2.45) is 0 Å². The first-order valence-corrected chi connectivity index (χ1v) is 10.6. The first kappa shape index (κ1) is 22.5. The van der Waals surface area contributed by atoms with Crippen LogP contribution in [0.1, 0.15) is 45.6 Å². The number of alkyl halides is 3. The lowest BCUT2D eigenvalue weighted by Gasteiger charge is -2.21. The number of carbonyl (C=O) groups is 1. The Hall–Kier alpha value is -3.25. The van der Waals surface area contributed by atoms with Crippen LogP contribution >= 0.6 is 11.6 Å². The van der Waals surface area contributed by atoms with Crippen LogP contribution in [0.25, 0.3) is 11.3 Å². The van der Waals surface area contributed by atoms with Gasteiger partial charge >= 0.3 is 6.36 Å². The van der Waals surface area contributed by atoms with Crippen LogP contribution in [-0.4, -0.2) is 38.8 Å². The van der Waals surface area contributed by atoms with Crippen molar-refractivity contribution in [1.29, 1.82) is 0 Å². The second-order valence-electron chi connectivity index (χ2n) is 7.96. The number of pyridine rings is 1. The summed E-state index contributed by atoms with van der Waals surface area (Å²) in [5, 5.41) is 2.52. The zero-order valence-electron chi connectivity index (χ0n) is 17.5. The summed E-state index contributed by atoms with van der Waals surface area (Å²) >= 11 is 5.76. The molecular weight excluding hydrogens is 482 g/mol. The molecule has 8 nitrogen and oxygen atoms in total. The molecule has 1 amide bonds. The molecule has 13 heteroatoms. The molecule has 178 valence electrons. The molecule has 0 saturated heterocycles. The number of aryl methyl sites for hydroxylation is 1. The largest absolute Gasteiger partial charge is 0.522 e. The topological polar surface area (TPSA) is 102 Å². The fraction of sp³-hybridized carbons (Fsp3) is 0.333. The van der Waals surface area contributed by atoms with E-state index in [2.05, 4.69) is 30.0 Å². The summed E-state index contributed by atoms with van der Waals surface area (Å²) in [7, 11) is 0. The van der Waals surface area contributed by atoms with Crippen LogP contribution in [0.15, 0.2) is 12.4 Å². The third-order valence-electron chi connectivity index (χ3n) is 5.76. The van der Waals surface area contributed by atoms with Gasteiger partial charge in [-0.1, -0.05) is 6.92 Å². The van der Waals surface area contributed by atoms with Gasteiger partial charge in [0.15, 0.2) is 5.82 Å². The van der Waals surface area contributed by atoms with E-state index in [9.17, 15) is 18.0 Å². The zero-order chi connectivity index (χ0) is 24.2. The van der Waals surface area contributed by atoms with E-state index in [-0.39, 0.29) is 28.2 Å². The number of fused-ring (bicyclic) bond motifs is 5. The maximum atomic E-state index is 15.7. The fourth-order valence-electron chi connectivity index (χ4n) is 4.19. The summed E-state index contributed by atoms with van der Waals surface area (Å²) in [5.74, 6) is -1.99. The highest BCUT2D eigenvalue weighted by molar-refractivity contribution is 6.28. The Kier molecular flexibility index (Phi) is 5.44. The van der Waals surface area contributed by atoms with Crippen molar-refractivity contribution in [2.45, 2.75) is 38.7 Å². The van der Waals surface area contributed by atoms with E-state index < -0.39 is 30.5 Å². The first-order chi connectivity index (χ1) is 16.1. The van der Waals surface area contributed by atoms with Crippen molar-refractivity contribution in [3.63, 3.8) is 0 Å². The Labute approximate surface area is 194 Å². The van der Waals surface area contributed by atoms with Gasteiger partial charge in [-0.25, -0.2) is 14.4 Å². The van der Waals surface area contributed by atoms with Gasteiger partial charge in [0.25, 0.3) is 11.8 Å². The zero-order valence-corrected chi connectivity index (χ0v) is 18.3. The molecule has 5 rings (SSSR count). The second kappa shape index (κ2) is 8.20. The van der Waals surface area contributed by atoms with Gasteiger partial charge in [0.05, 0.1) is 23.4 Å². The van der Waals surface area contributed by atoms with Crippen LogP contribution in [0.4, 0.5) is 17.6 Å². The predicted octanol–water partition coefficient (Wildman–Crippen LogP) is 4.43. The number of rotatable bonds is 4. The highest BCUT2D eigenvalue weighted by atomic mass is 35.5. The Morgan fingerprint density at radius 2 is 1.97 bits per heavy atom. The summed E-state index contributed by atoms with van der Waals surface area (Å²) in [6, 6.07) is 0. The summed E-state index contributed by atoms with van der Waals surface area (Å²) in [4.78, 5) is 27.1. The molecule has 2 aliphatic rings. The number of nitrogens with zero attached hydrogens (tertiary/aromatic N) is 3. The van der Waals surface area contributed by atoms with Crippen LogP contribution < -0.4 is 10.1 Å². The van der Waals surface area contributed by atoms with Crippen LogP contribution in [0.2, 0.25) is 5.28 Å². The van der Waals surface area contributed by atoms with Crippen molar-refractivity contribution >= 4 is 17.5 Å². The Bertz CT molecular complexity index is 1310. The number of hydrogen-bond acceptors (Lipinski definition) is 6. The number of aromatic amines is 1. The van der Waals surface area contributed by atoms with E-state index in [1.165, 1.54) is 6.20 Å². The van der Waals surface area contributed by atoms with Crippen LogP contribution in [-0.2, 0) is 24.2 Å². The molecule has 1 unspecified atom stereocenters. The number of amides is 1.